The second-order valence-electron chi connectivity index (χ2n) is 4.60. The Kier molecular flexibility index (Phi) is 5.57. The zero-order valence-corrected chi connectivity index (χ0v) is 11.4. The van der Waals surface area contributed by atoms with Gasteiger partial charge in [-0.25, -0.2) is 0 Å². The van der Waals surface area contributed by atoms with Crippen molar-refractivity contribution in [3.63, 3.8) is 0 Å². The molecule has 0 aliphatic rings. The van der Waals surface area contributed by atoms with E-state index < -0.39 is 5.92 Å². The Balaban J connectivity index is 2.43. The average molecular weight is 268 g/mol. The molecule has 0 spiro atoms. The molecule has 0 radical (unpaired) electrons. The van der Waals surface area contributed by atoms with E-state index in [0.29, 0.717) is 11.3 Å². The second kappa shape index (κ2) is 6.94. The van der Waals surface area contributed by atoms with E-state index in [4.69, 9.17) is 14.9 Å². The molecule has 1 atom stereocenters. The standard InChI is InChI=1S/C13H20N2O4/c1-8(2)19-13(17)9(3)6-15-12(16)10-4-11(5-14)18-7-10/h4,7-9H,5-6,14H2,1-3H3,(H,15,16). The van der Waals surface area contributed by atoms with E-state index in [9.17, 15) is 9.59 Å². The van der Waals surface area contributed by atoms with Gasteiger partial charge in [0.1, 0.15) is 12.0 Å². The molecule has 0 aliphatic carbocycles. The lowest BCUT2D eigenvalue weighted by atomic mass is 10.2. The summed E-state index contributed by atoms with van der Waals surface area (Å²) in [4.78, 5) is 23.3. The number of hydrogen-bond donors (Lipinski definition) is 2. The van der Waals surface area contributed by atoms with Gasteiger partial charge in [0.05, 0.1) is 24.1 Å². The molecule has 1 aromatic rings. The van der Waals surface area contributed by atoms with Crippen molar-refractivity contribution in [2.45, 2.75) is 33.4 Å². The van der Waals surface area contributed by atoms with Crippen LogP contribution in [-0.2, 0) is 16.1 Å². The summed E-state index contributed by atoms with van der Waals surface area (Å²) in [6.07, 6.45) is 1.18. The largest absolute Gasteiger partial charge is 0.467 e. The number of carbonyl (C=O) groups is 2. The van der Waals surface area contributed by atoms with Crippen LogP contribution < -0.4 is 11.1 Å². The topological polar surface area (TPSA) is 94.6 Å². The number of carbonyl (C=O) groups excluding carboxylic acids is 2. The number of nitrogens with one attached hydrogen (secondary N) is 1. The molecule has 1 heterocycles. The lowest BCUT2D eigenvalue weighted by Gasteiger charge is -2.14. The van der Waals surface area contributed by atoms with Gasteiger partial charge in [-0.2, -0.15) is 0 Å². The van der Waals surface area contributed by atoms with Crippen molar-refractivity contribution in [2.75, 3.05) is 6.54 Å². The van der Waals surface area contributed by atoms with E-state index in [1.54, 1.807) is 26.8 Å². The van der Waals surface area contributed by atoms with Gasteiger partial charge >= 0.3 is 5.97 Å². The number of nitrogens with two attached hydrogens (primary N) is 1. The maximum absolute atomic E-state index is 11.8. The highest BCUT2D eigenvalue weighted by Gasteiger charge is 2.17. The highest BCUT2D eigenvalue weighted by atomic mass is 16.5. The molecular weight excluding hydrogens is 248 g/mol. The summed E-state index contributed by atoms with van der Waals surface area (Å²) in [7, 11) is 0. The van der Waals surface area contributed by atoms with Gasteiger partial charge in [-0.05, 0) is 19.9 Å². The van der Waals surface area contributed by atoms with Crippen LogP contribution in [0.15, 0.2) is 16.7 Å². The summed E-state index contributed by atoms with van der Waals surface area (Å²) >= 11 is 0. The van der Waals surface area contributed by atoms with Crippen LogP contribution in [0.2, 0.25) is 0 Å². The summed E-state index contributed by atoms with van der Waals surface area (Å²) in [5, 5.41) is 2.65. The molecule has 0 saturated carbocycles. The first-order valence-electron chi connectivity index (χ1n) is 6.20. The fraction of sp³-hybridized carbons (Fsp3) is 0.538. The summed E-state index contributed by atoms with van der Waals surface area (Å²) in [5.41, 5.74) is 5.78. The van der Waals surface area contributed by atoms with Crippen LogP contribution in [0.3, 0.4) is 0 Å². The smallest absolute Gasteiger partial charge is 0.310 e. The molecule has 1 amide bonds. The first-order chi connectivity index (χ1) is 8.93. The van der Waals surface area contributed by atoms with Gasteiger partial charge in [-0.3, -0.25) is 9.59 Å². The highest BCUT2D eigenvalue weighted by molar-refractivity contribution is 5.94. The Morgan fingerprint density at radius 1 is 1.42 bits per heavy atom. The van der Waals surface area contributed by atoms with Crippen molar-refractivity contribution >= 4 is 11.9 Å². The molecule has 6 heteroatoms. The fourth-order valence-electron chi connectivity index (χ4n) is 1.39. The molecule has 0 bridgehead atoms. The third-order valence-electron chi connectivity index (χ3n) is 2.44. The number of furan rings is 1. The lowest BCUT2D eigenvalue weighted by molar-refractivity contribution is -0.151. The van der Waals surface area contributed by atoms with Crippen LogP contribution in [-0.4, -0.2) is 24.5 Å². The zero-order valence-electron chi connectivity index (χ0n) is 11.4. The van der Waals surface area contributed by atoms with Crippen molar-refractivity contribution in [1.82, 2.24) is 5.32 Å². The second-order valence-corrected chi connectivity index (χ2v) is 4.60. The minimum absolute atomic E-state index is 0.161. The fourth-order valence-corrected chi connectivity index (χ4v) is 1.39. The van der Waals surface area contributed by atoms with Crippen molar-refractivity contribution in [2.24, 2.45) is 11.7 Å². The minimum Gasteiger partial charge on any atom is -0.467 e. The normalized spacial score (nSPS) is 12.3. The van der Waals surface area contributed by atoms with Gasteiger partial charge in [0.25, 0.3) is 5.91 Å². The van der Waals surface area contributed by atoms with E-state index in [1.165, 1.54) is 6.26 Å². The van der Waals surface area contributed by atoms with E-state index in [2.05, 4.69) is 5.32 Å². The van der Waals surface area contributed by atoms with Gasteiger partial charge in [0.2, 0.25) is 0 Å². The third-order valence-corrected chi connectivity index (χ3v) is 2.44. The molecule has 3 N–H and O–H groups in total. The van der Waals surface area contributed by atoms with Crippen molar-refractivity contribution in [3.05, 3.63) is 23.7 Å². The van der Waals surface area contributed by atoms with Crippen LogP contribution in [0.1, 0.15) is 36.9 Å². The van der Waals surface area contributed by atoms with E-state index in [-0.39, 0.29) is 31.1 Å². The summed E-state index contributed by atoms with van der Waals surface area (Å²) in [5.74, 6) is -0.484. The summed E-state index contributed by atoms with van der Waals surface area (Å²) in [6, 6.07) is 1.58. The molecule has 1 rings (SSSR count). The third kappa shape index (κ3) is 4.75. The van der Waals surface area contributed by atoms with Crippen molar-refractivity contribution < 1.29 is 18.7 Å². The number of rotatable bonds is 6. The maximum atomic E-state index is 11.8. The molecule has 0 aromatic carbocycles. The molecule has 1 aromatic heterocycles. The van der Waals surface area contributed by atoms with E-state index in [0.717, 1.165) is 0 Å². The number of esters is 1. The SMILES string of the molecule is CC(C)OC(=O)C(C)CNC(=O)c1coc(CN)c1. The van der Waals surface area contributed by atoms with Crippen molar-refractivity contribution in [3.8, 4) is 0 Å². The Bertz CT molecular complexity index is 440. The first kappa shape index (κ1) is 15.2. The quantitative estimate of drug-likeness (QED) is 0.752. The van der Waals surface area contributed by atoms with Crippen molar-refractivity contribution in [1.29, 1.82) is 0 Å². The Morgan fingerprint density at radius 2 is 2.11 bits per heavy atom. The van der Waals surface area contributed by atoms with Crippen LogP contribution >= 0.6 is 0 Å². The molecule has 0 saturated heterocycles. The molecular formula is C13H20N2O4. The molecule has 0 aliphatic heterocycles. The molecule has 19 heavy (non-hydrogen) atoms. The summed E-state index contributed by atoms with van der Waals surface area (Å²) < 4.78 is 10.1. The maximum Gasteiger partial charge on any atom is 0.310 e. The van der Waals surface area contributed by atoms with E-state index >= 15 is 0 Å². The zero-order chi connectivity index (χ0) is 14.4. The van der Waals surface area contributed by atoms with E-state index in [1.807, 2.05) is 0 Å². The molecule has 1 unspecified atom stereocenters. The average Bonchev–Trinajstić information content (AvgIpc) is 2.83. The van der Waals surface area contributed by atoms with Crippen LogP contribution in [0.5, 0.6) is 0 Å². The van der Waals surface area contributed by atoms with Gasteiger partial charge in [0.15, 0.2) is 0 Å². The Labute approximate surface area is 112 Å². The van der Waals surface area contributed by atoms with Gasteiger partial charge in [-0.1, -0.05) is 6.92 Å². The number of amides is 1. The highest BCUT2D eigenvalue weighted by Crippen LogP contribution is 2.07. The van der Waals surface area contributed by atoms with Gasteiger partial charge in [-0.15, -0.1) is 0 Å². The monoisotopic (exact) mass is 268 g/mol. The first-order valence-corrected chi connectivity index (χ1v) is 6.20. The number of ether oxygens (including phenoxy) is 1. The minimum atomic E-state index is -0.396. The van der Waals surface area contributed by atoms with Crippen LogP contribution in [0.25, 0.3) is 0 Å². The van der Waals surface area contributed by atoms with Gasteiger partial charge in [0, 0.05) is 6.54 Å². The summed E-state index contributed by atoms with van der Waals surface area (Å²) in [6.45, 7) is 5.72. The van der Waals surface area contributed by atoms with Crippen LogP contribution in [0, 0.1) is 5.92 Å². The molecule has 106 valence electrons. The molecule has 0 fully saturated rings. The predicted molar refractivity (Wildman–Crippen MR) is 69.3 cm³/mol. The lowest BCUT2D eigenvalue weighted by Crippen LogP contribution is -2.33. The molecule has 6 nitrogen and oxygen atoms in total. The number of hydrogen-bond acceptors (Lipinski definition) is 5. The Morgan fingerprint density at radius 3 is 2.63 bits per heavy atom. The Hall–Kier alpha value is -1.82. The predicted octanol–water partition coefficient (Wildman–Crippen LogP) is 1.06. The van der Waals surface area contributed by atoms with Crippen LogP contribution in [0.4, 0.5) is 0 Å². The van der Waals surface area contributed by atoms with Gasteiger partial charge < -0.3 is 20.2 Å².